The smallest absolute Gasteiger partial charge is 0.410 e. The molecule has 0 spiro atoms. The van der Waals surface area contributed by atoms with Crippen LogP contribution < -0.4 is 37.9 Å². The first-order valence-corrected chi connectivity index (χ1v) is 11.2. The number of nitrogen functional groups attached to an aromatic ring is 3. The molecule has 0 atom stereocenters. The largest absolute Gasteiger partial charge is 0.455 e. The lowest BCUT2D eigenvalue weighted by Crippen LogP contribution is -2.33. The molecule has 0 saturated carbocycles. The fraction of sp³-hybridized carbons (Fsp3) is 0.200. The molecule has 0 aliphatic carbocycles. The number of ether oxygens (including phenoxy) is 2. The fourth-order valence-corrected chi connectivity index (χ4v) is 2.63. The normalized spacial score (nSPS) is 9.92. The Bertz CT molecular complexity index is 1190. The molecule has 0 aliphatic heterocycles. The Kier molecular flexibility index (Phi) is 11.0. The van der Waals surface area contributed by atoms with E-state index in [2.05, 4.69) is 20.9 Å². The van der Waals surface area contributed by atoms with Crippen LogP contribution in [0.2, 0.25) is 0 Å². The SMILES string of the molecule is CC(C)NC(=O)OCOc1ccccc1N.Nc1ccc(NC(=O)CNC(=O)c2ccccc2)nc1N. The zero-order valence-corrected chi connectivity index (χ0v) is 20.6. The van der Waals surface area contributed by atoms with Crippen LogP contribution in [0.15, 0.2) is 66.7 Å². The summed E-state index contributed by atoms with van der Waals surface area (Å²) in [6.07, 6.45) is -0.510. The van der Waals surface area contributed by atoms with Crippen molar-refractivity contribution in [2.24, 2.45) is 0 Å². The first-order chi connectivity index (χ1) is 17.7. The zero-order chi connectivity index (χ0) is 27.2. The van der Waals surface area contributed by atoms with E-state index in [1.807, 2.05) is 13.8 Å². The molecule has 0 radical (unpaired) electrons. The van der Waals surface area contributed by atoms with Crippen molar-refractivity contribution in [3.05, 3.63) is 72.3 Å². The van der Waals surface area contributed by atoms with Crippen LogP contribution in [-0.4, -0.2) is 42.3 Å². The number of para-hydroxylation sites is 2. The lowest BCUT2D eigenvalue weighted by molar-refractivity contribution is -0.115. The van der Waals surface area contributed by atoms with Gasteiger partial charge in [0.05, 0.1) is 17.9 Å². The molecule has 3 aromatic rings. The van der Waals surface area contributed by atoms with Crippen molar-refractivity contribution >= 4 is 40.9 Å². The fourth-order valence-electron chi connectivity index (χ4n) is 2.63. The van der Waals surface area contributed by atoms with Crippen LogP contribution in [0.4, 0.5) is 27.8 Å². The number of nitrogens with two attached hydrogens (primary N) is 3. The van der Waals surface area contributed by atoms with E-state index in [1.165, 1.54) is 6.07 Å². The number of pyridine rings is 1. The number of rotatable bonds is 8. The molecule has 37 heavy (non-hydrogen) atoms. The van der Waals surface area contributed by atoms with Crippen LogP contribution in [0.3, 0.4) is 0 Å². The minimum atomic E-state index is -0.510. The standard InChI is InChI=1S/C14H15N5O2.C11H16N2O3/c15-10-6-7-11(19-13(10)16)18-12(20)8-17-14(21)9-4-2-1-3-5-9;1-8(2)13-11(14)16-7-15-10-6-4-3-5-9(10)12/h1-7H,8,15H2,(H,17,21)(H3,16,18,19,20);3-6,8H,7,12H2,1-2H3,(H,13,14). The van der Waals surface area contributed by atoms with E-state index >= 15 is 0 Å². The molecule has 1 aromatic heterocycles. The molecule has 0 aliphatic rings. The number of carbonyl (C=O) groups is 3. The van der Waals surface area contributed by atoms with Gasteiger partial charge in [-0.25, -0.2) is 9.78 Å². The van der Waals surface area contributed by atoms with Crippen molar-refractivity contribution in [2.45, 2.75) is 19.9 Å². The van der Waals surface area contributed by atoms with Crippen molar-refractivity contribution in [1.29, 1.82) is 0 Å². The number of carbonyl (C=O) groups excluding carboxylic acids is 3. The van der Waals surface area contributed by atoms with Gasteiger partial charge in [0.1, 0.15) is 17.4 Å². The number of benzene rings is 2. The third-order valence-corrected chi connectivity index (χ3v) is 4.40. The number of alkyl carbamates (subject to hydrolysis) is 1. The Labute approximate surface area is 214 Å². The highest BCUT2D eigenvalue weighted by molar-refractivity contribution is 5.99. The quantitative estimate of drug-likeness (QED) is 0.195. The van der Waals surface area contributed by atoms with E-state index < -0.39 is 12.0 Å². The number of anilines is 4. The molecule has 1 heterocycles. The first-order valence-electron chi connectivity index (χ1n) is 11.2. The van der Waals surface area contributed by atoms with Crippen LogP contribution >= 0.6 is 0 Å². The number of nitrogens with zero attached hydrogens (tertiary/aromatic N) is 1. The maximum atomic E-state index is 11.8. The van der Waals surface area contributed by atoms with E-state index in [9.17, 15) is 14.4 Å². The number of amides is 3. The van der Waals surface area contributed by atoms with Crippen LogP contribution in [0, 0.1) is 0 Å². The van der Waals surface area contributed by atoms with Gasteiger partial charge < -0.3 is 42.6 Å². The monoisotopic (exact) mass is 509 g/mol. The van der Waals surface area contributed by atoms with Gasteiger partial charge in [0.15, 0.2) is 0 Å². The summed E-state index contributed by atoms with van der Waals surface area (Å²) >= 11 is 0. The van der Waals surface area contributed by atoms with Crippen molar-refractivity contribution in [1.82, 2.24) is 15.6 Å². The molecule has 12 nitrogen and oxygen atoms in total. The zero-order valence-electron chi connectivity index (χ0n) is 20.6. The average Bonchev–Trinajstić information content (AvgIpc) is 2.86. The van der Waals surface area contributed by atoms with Gasteiger partial charge in [-0.1, -0.05) is 30.3 Å². The summed E-state index contributed by atoms with van der Waals surface area (Å²) in [7, 11) is 0. The van der Waals surface area contributed by atoms with E-state index in [1.54, 1.807) is 60.7 Å². The average molecular weight is 510 g/mol. The number of hydrogen-bond donors (Lipinski definition) is 6. The minimum absolute atomic E-state index is 0.0364. The van der Waals surface area contributed by atoms with E-state index in [0.29, 0.717) is 22.7 Å². The first kappa shape index (κ1) is 28.2. The van der Waals surface area contributed by atoms with Crippen molar-refractivity contribution in [3.8, 4) is 5.75 Å². The predicted octanol–water partition coefficient (Wildman–Crippen LogP) is 2.35. The molecule has 9 N–H and O–H groups in total. The lowest BCUT2D eigenvalue weighted by Gasteiger charge is -2.11. The molecule has 12 heteroatoms. The summed E-state index contributed by atoms with van der Waals surface area (Å²) in [5, 5.41) is 7.60. The van der Waals surface area contributed by atoms with Gasteiger partial charge >= 0.3 is 6.09 Å². The van der Waals surface area contributed by atoms with Gasteiger partial charge in [-0.05, 0) is 50.2 Å². The summed E-state index contributed by atoms with van der Waals surface area (Å²) < 4.78 is 9.96. The van der Waals surface area contributed by atoms with Crippen molar-refractivity contribution in [3.63, 3.8) is 0 Å². The Morgan fingerprint density at radius 3 is 2.22 bits per heavy atom. The summed E-state index contributed by atoms with van der Waals surface area (Å²) in [4.78, 5) is 38.5. The summed E-state index contributed by atoms with van der Waals surface area (Å²) in [5.41, 5.74) is 18.0. The van der Waals surface area contributed by atoms with E-state index in [-0.39, 0.29) is 36.9 Å². The topological polar surface area (TPSA) is 197 Å². The number of nitrogens with one attached hydrogen (secondary N) is 3. The molecule has 3 rings (SSSR count). The summed E-state index contributed by atoms with van der Waals surface area (Å²) in [5.74, 6) is 0.188. The minimum Gasteiger partial charge on any atom is -0.455 e. The predicted molar refractivity (Wildman–Crippen MR) is 142 cm³/mol. The second-order valence-corrected chi connectivity index (χ2v) is 7.80. The lowest BCUT2D eigenvalue weighted by atomic mass is 10.2. The molecule has 0 saturated heterocycles. The van der Waals surface area contributed by atoms with Gasteiger partial charge in [0.25, 0.3) is 5.91 Å². The number of aromatic nitrogens is 1. The summed E-state index contributed by atoms with van der Waals surface area (Å²) in [6, 6.07) is 18.7. The highest BCUT2D eigenvalue weighted by Crippen LogP contribution is 2.19. The molecule has 0 fully saturated rings. The molecule has 3 amide bonds. The van der Waals surface area contributed by atoms with Crippen molar-refractivity contribution in [2.75, 3.05) is 35.9 Å². The van der Waals surface area contributed by atoms with Gasteiger partial charge in [0, 0.05) is 11.6 Å². The van der Waals surface area contributed by atoms with Gasteiger partial charge in [-0.2, -0.15) is 0 Å². The maximum absolute atomic E-state index is 11.8. The van der Waals surface area contributed by atoms with Crippen LogP contribution in [0.25, 0.3) is 0 Å². The van der Waals surface area contributed by atoms with Crippen molar-refractivity contribution < 1.29 is 23.9 Å². The molecular formula is C25H31N7O5. The number of hydrogen-bond acceptors (Lipinski definition) is 9. The van der Waals surface area contributed by atoms with Gasteiger partial charge in [-0.15, -0.1) is 0 Å². The Balaban J connectivity index is 0.000000271. The third-order valence-electron chi connectivity index (χ3n) is 4.40. The maximum Gasteiger partial charge on any atom is 0.410 e. The van der Waals surface area contributed by atoms with Gasteiger partial charge in [-0.3, -0.25) is 9.59 Å². The van der Waals surface area contributed by atoms with Crippen LogP contribution in [-0.2, 0) is 9.53 Å². The van der Waals surface area contributed by atoms with E-state index in [4.69, 9.17) is 26.7 Å². The molecule has 0 bridgehead atoms. The molecule has 2 aromatic carbocycles. The Morgan fingerprint density at radius 1 is 0.892 bits per heavy atom. The molecule has 0 unspecified atom stereocenters. The molecule has 196 valence electrons. The highest BCUT2D eigenvalue weighted by Gasteiger charge is 2.09. The second-order valence-electron chi connectivity index (χ2n) is 7.80. The third kappa shape index (κ3) is 10.4. The highest BCUT2D eigenvalue weighted by atomic mass is 16.7. The Hall–Kier alpha value is -5.00. The molecular weight excluding hydrogens is 478 g/mol. The van der Waals surface area contributed by atoms with E-state index in [0.717, 1.165) is 0 Å². The Morgan fingerprint density at radius 2 is 1.57 bits per heavy atom. The summed E-state index contributed by atoms with van der Waals surface area (Å²) in [6.45, 7) is 3.36. The van der Waals surface area contributed by atoms with Crippen LogP contribution in [0.1, 0.15) is 24.2 Å². The van der Waals surface area contributed by atoms with Gasteiger partial charge in [0.2, 0.25) is 12.7 Å². The second kappa shape index (κ2) is 14.4. The van der Waals surface area contributed by atoms with Crippen LogP contribution in [0.5, 0.6) is 5.75 Å².